The van der Waals surface area contributed by atoms with E-state index in [9.17, 15) is 44.7 Å². The van der Waals surface area contributed by atoms with Gasteiger partial charge >= 0.3 is 0 Å². The average Bonchev–Trinajstić information content (AvgIpc) is 3.28. The van der Waals surface area contributed by atoms with Crippen LogP contribution in [0.2, 0.25) is 0 Å². The van der Waals surface area contributed by atoms with Crippen molar-refractivity contribution in [3.8, 4) is 5.75 Å². The fourth-order valence-electron chi connectivity index (χ4n) is 11.2. The normalized spacial score (nSPS) is 22.5. The minimum absolute atomic E-state index is 0.00217. The molecule has 3 aliphatic rings. The van der Waals surface area contributed by atoms with E-state index in [0.29, 0.717) is 12.0 Å². The van der Waals surface area contributed by atoms with Crippen LogP contribution in [0.3, 0.4) is 0 Å². The number of nitrogens with two attached hydrogens (primary N) is 1. The summed E-state index contributed by atoms with van der Waals surface area (Å²) in [5.74, 6) is -10.1. The van der Waals surface area contributed by atoms with Crippen molar-refractivity contribution in [1.82, 2.24) is 4.90 Å². The van der Waals surface area contributed by atoms with Crippen LogP contribution in [0.5, 0.6) is 5.75 Å². The van der Waals surface area contributed by atoms with Gasteiger partial charge in [0.2, 0.25) is 11.7 Å². The highest BCUT2D eigenvalue weighted by Gasteiger charge is 2.68. The molecule has 0 bridgehead atoms. The summed E-state index contributed by atoms with van der Waals surface area (Å²) in [6.07, 6.45) is 8.93. The first-order valence-corrected chi connectivity index (χ1v) is 25.9. The summed E-state index contributed by atoms with van der Waals surface area (Å²) in [6, 6.07) is 29.0. The number of likely N-dealkylation sites (N-methyl/N-ethyl adjacent to an activating group) is 1. The van der Waals surface area contributed by atoms with Crippen LogP contribution >= 0.6 is 7.26 Å². The molecule has 360 valence electrons. The number of benzene rings is 4. The Bertz CT molecular complexity index is 2560. The lowest BCUT2D eigenvalue weighted by atomic mass is 9.54. The van der Waals surface area contributed by atoms with Gasteiger partial charge < -0.3 is 36.6 Å². The number of phenols is 1. The second-order valence-corrected chi connectivity index (χ2v) is 23.1. The smallest absolute Gasteiger partial charge is 0.255 e. The largest absolute Gasteiger partial charge is 0.508 e. The van der Waals surface area contributed by atoms with E-state index in [1.807, 2.05) is 0 Å². The number of aromatic hydroxyl groups is 1. The monoisotopic (exact) mass is 944 g/mol. The first-order chi connectivity index (χ1) is 32.4. The lowest BCUT2D eigenvalue weighted by Crippen LogP contribution is -2.70. The molecule has 13 heteroatoms. The summed E-state index contributed by atoms with van der Waals surface area (Å²) < 4.78 is 0. The maximum absolute atomic E-state index is 14.3. The van der Waals surface area contributed by atoms with Gasteiger partial charge in [-0.25, -0.2) is 0 Å². The molecular formula is C55H67N3O9P+. The number of anilines is 1. The molecule has 1 fully saturated rings. The van der Waals surface area contributed by atoms with Gasteiger partial charge in [-0.1, -0.05) is 87.9 Å². The molecule has 0 aliphatic heterocycles. The molecule has 0 heterocycles. The molecule has 0 radical (unpaired) electrons. The number of phenolic OH excluding ortho intramolecular Hbond substituents is 1. The number of nitrogens with zero attached hydrogens (tertiary/aromatic N) is 1. The van der Waals surface area contributed by atoms with Crippen molar-refractivity contribution < 1.29 is 44.7 Å². The van der Waals surface area contributed by atoms with Crippen LogP contribution < -0.4 is 27.0 Å². The molecule has 12 nitrogen and oxygen atoms in total. The zero-order valence-corrected chi connectivity index (χ0v) is 41.0. The SMILES string of the molecule is Cc1cccc([P+](CCCCCCCCCCCC(=O)Nc2ccc3c(c2O)C(O)=C2C(=O)[C@]4(O)C(O)=C(C(N)=O)C(=O)[C@@H](N(C)C)[C@@H]4[C@@H](O)[C@@H]2[C@H]3C)(c2cccc(C)c2)c2cccc(C)c2)c1. The molecule has 4 aromatic carbocycles. The topological polar surface area (TPSA) is 211 Å². The number of rotatable bonds is 18. The van der Waals surface area contributed by atoms with Crippen LogP contribution in [-0.4, -0.2) is 91.8 Å². The number of fused-ring (bicyclic) bond motifs is 3. The molecule has 0 aromatic heterocycles. The van der Waals surface area contributed by atoms with E-state index in [-0.39, 0.29) is 23.6 Å². The second kappa shape index (κ2) is 20.5. The number of Topliss-reactive ketones (excluding diaryl/α,β-unsaturated/α-hetero) is 2. The first-order valence-electron chi connectivity index (χ1n) is 23.9. The highest BCUT2D eigenvalue weighted by atomic mass is 31.2. The molecule has 0 spiro atoms. The number of ketones is 2. The zero-order chi connectivity index (χ0) is 49.2. The Kier molecular flexibility index (Phi) is 15.2. The number of hydrogen-bond acceptors (Lipinski definition) is 10. The summed E-state index contributed by atoms with van der Waals surface area (Å²) >= 11 is 0. The molecule has 8 N–H and O–H groups in total. The minimum atomic E-state index is -3.01. The van der Waals surface area contributed by atoms with Crippen LogP contribution in [0.15, 0.2) is 102 Å². The van der Waals surface area contributed by atoms with Crippen LogP contribution in [-0.2, 0) is 19.2 Å². The number of amides is 2. The Morgan fingerprint density at radius 2 is 1.25 bits per heavy atom. The number of aryl methyl sites for hydroxylation is 3. The Labute approximate surface area is 400 Å². The number of carbonyl (C=O) groups excluding carboxylic acids is 4. The van der Waals surface area contributed by atoms with Gasteiger partial charge in [0.15, 0.2) is 11.4 Å². The van der Waals surface area contributed by atoms with Crippen molar-refractivity contribution in [1.29, 1.82) is 0 Å². The van der Waals surface area contributed by atoms with Crippen molar-refractivity contribution in [2.24, 2.45) is 17.6 Å². The van der Waals surface area contributed by atoms with Gasteiger partial charge in [0, 0.05) is 17.9 Å². The van der Waals surface area contributed by atoms with E-state index < -0.39 is 88.7 Å². The first kappa shape index (κ1) is 50.2. The Hall–Kier alpha value is -5.65. The summed E-state index contributed by atoms with van der Waals surface area (Å²) in [4.78, 5) is 54.5. The van der Waals surface area contributed by atoms with E-state index in [4.69, 9.17) is 5.73 Å². The van der Waals surface area contributed by atoms with Crippen LogP contribution in [0.25, 0.3) is 5.76 Å². The van der Waals surface area contributed by atoms with E-state index >= 15 is 0 Å². The number of nitrogens with one attached hydrogen (secondary N) is 1. The fourth-order valence-corrected chi connectivity index (χ4v) is 15.9. The van der Waals surface area contributed by atoms with E-state index in [1.165, 1.54) is 57.7 Å². The molecule has 0 unspecified atom stereocenters. The van der Waals surface area contributed by atoms with E-state index in [0.717, 1.165) is 57.5 Å². The van der Waals surface area contributed by atoms with Crippen molar-refractivity contribution in [2.75, 3.05) is 25.6 Å². The van der Waals surface area contributed by atoms with Crippen LogP contribution in [0.1, 0.15) is 105 Å². The Morgan fingerprint density at radius 1 is 0.750 bits per heavy atom. The zero-order valence-electron chi connectivity index (χ0n) is 40.1. The van der Waals surface area contributed by atoms with Gasteiger partial charge in [-0.05, 0) is 125 Å². The minimum Gasteiger partial charge on any atom is -0.508 e. The molecule has 1 saturated carbocycles. The maximum Gasteiger partial charge on any atom is 0.255 e. The van der Waals surface area contributed by atoms with Gasteiger partial charge in [0.05, 0.1) is 35.5 Å². The van der Waals surface area contributed by atoms with Crippen molar-refractivity contribution >= 4 is 58.0 Å². The molecular weight excluding hydrogens is 878 g/mol. The maximum atomic E-state index is 14.3. The lowest BCUT2D eigenvalue weighted by molar-refractivity contribution is -0.169. The number of primary amides is 1. The number of hydrogen-bond donors (Lipinski definition) is 7. The molecule has 6 atom stereocenters. The number of aliphatic hydroxyl groups is 4. The number of carbonyl (C=O) groups is 4. The molecule has 4 aromatic rings. The fraction of sp³-hybridized carbons (Fsp3) is 0.418. The third-order valence-electron chi connectivity index (χ3n) is 14.6. The highest BCUT2D eigenvalue weighted by Crippen LogP contribution is 2.58. The summed E-state index contributed by atoms with van der Waals surface area (Å²) in [6.45, 7) is 8.21. The van der Waals surface area contributed by atoms with Crippen molar-refractivity contribution in [3.63, 3.8) is 0 Å². The summed E-state index contributed by atoms with van der Waals surface area (Å²) in [7, 11) is 1.01. The quantitative estimate of drug-likeness (QED) is 0.0230. The predicted molar refractivity (Wildman–Crippen MR) is 269 cm³/mol. The van der Waals surface area contributed by atoms with E-state index in [1.54, 1.807) is 13.0 Å². The van der Waals surface area contributed by atoms with Gasteiger partial charge in [-0.3, -0.25) is 24.1 Å². The third kappa shape index (κ3) is 9.16. The molecule has 0 saturated heterocycles. The van der Waals surface area contributed by atoms with E-state index in [2.05, 4.69) is 98.9 Å². The van der Waals surface area contributed by atoms with Crippen LogP contribution in [0, 0.1) is 32.6 Å². The van der Waals surface area contributed by atoms with Gasteiger partial charge in [0.1, 0.15) is 46.0 Å². The number of unbranched alkanes of at least 4 members (excludes halogenated alkanes) is 8. The predicted octanol–water partition coefficient (Wildman–Crippen LogP) is 7.25. The standard InChI is InChI=1S/C55H66N3O9P/c1-32-19-16-22-36(29-32)68(37-23-17-20-33(2)30-37,38-24-18-21-34(3)31-38)28-15-13-11-9-7-8-10-12-14-25-41(59)57-40-27-26-39-35(4)42-44(49(61)43(39)48(40)60)52(64)55(67)46(50(42)62)47(58(5)6)51(63)45(53(55)65)54(56)66/h16-24,26-27,29-31,35,42,46-47,50,62,67H,7-15,25,28H2,1-6H3,(H5-,56,57,59,60,61,63,64,65,66)/p+1/t35-,42+,46+,47-,50-,55-/m0/s1. The summed E-state index contributed by atoms with van der Waals surface area (Å²) in [5, 5.41) is 65.2. The Balaban J connectivity index is 0.928. The second-order valence-electron chi connectivity index (χ2n) is 19.5. The molecule has 3 aliphatic carbocycles. The number of aliphatic hydroxyl groups excluding tert-OH is 3. The average molecular weight is 945 g/mol. The Morgan fingerprint density at radius 3 is 1.74 bits per heavy atom. The van der Waals surface area contributed by atoms with Crippen molar-refractivity contribution in [2.45, 2.75) is 116 Å². The molecule has 68 heavy (non-hydrogen) atoms. The van der Waals surface area contributed by atoms with Gasteiger partial charge in [-0.15, -0.1) is 0 Å². The van der Waals surface area contributed by atoms with Gasteiger partial charge in [0.25, 0.3) is 5.91 Å². The summed E-state index contributed by atoms with van der Waals surface area (Å²) in [5.41, 5.74) is 4.96. The third-order valence-corrected chi connectivity index (χ3v) is 19.1. The van der Waals surface area contributed by atoms with Crippen molar-refractivity contribution in [3.05, 3.63) is 130 Å². The lowest BCUT2D eigenvalue weighted by Gasteiger charge is -2.53. The van der Waals surface area contributed by atoms with Crippen LogP contribution in [0.4, 0.5) is 5.69 Å². The molecule has 7 rings (SSSR count). The highest BCUT2D eigenvalue weighted by molar-refractivity contribution is 7.95. The molecule has 2 amide bonds. The van der Waals surface area contributed by atoms with Gasteiger partial charge in [-0.2, -0.15) is 0 Å².